The Balaban J connectivity index is 2.22. The minimum Gasteiger partial charge on any atom is -0.394 e. The Hall–Kier alpha value is -1.33. The van der Waals surface area contributed by atoms with E-state index < -0.39 is 0 Å². The van der Waals surface area contributed by atoms with Gasteiger partial charge in [-0.2, -0.15) is 5.10 Å². The first kappa shape index (κ1) is 13.1. The first-order valence-corrected chi connectivity index (χ1v) is 6.52. The van der Waals surface area contributed by atoms with Crippen LogP contribution in [-0.2, 0) is 7.05 Å². The minimum atomic E-state index is -0.145. The van der Waals surface area contributed by atoms with E-state index in [1.165, 1.54) is 0 Å². The fourth-order valence-electron chi connectivity index (χ4n) is 1.86. The molecule has 5 heteroatoms. The lowest BCUT2D eigenvalue weighted by Crippen LogP contribution is -2.15. The molecule has 1 atom stereocenters. The number of aryl methyl sites for hydroxylation is 1. The summed E-state index contributed by atoms with van der Waals surface area (Å²) in [6.07, 6.45) is 1.79. The van der Waals surface area contributed by atoms with Crippen LogP contribution in [-0.4, -0.2) is 21.5 Å². The van der Waals surface area contributed by atoms with Crippen LogP contribution in [0.25, 0.3) is 0 Å². The lowest BCUT2D eigenvalue weighted by atomic mass is 10.1. The molecule has 0 radical (unpaired) electrons. The fraction of sp³-hybridized carbons (Fsp3) is 0.308. The Bertz CT molecular complexity index is 539. The number of nitrogens with one attached hydrogen (secondary N) is 1. The van der Waals surface area contributed by atoms with Gasteiger partial charge in [0.05, 0.1) is 18.8 Å². The maximum atomic E-state index is 9.53. The summed E-state index contributed by atoms with van der Waals surface area (Å²) in [5, 5.41) is 17.0. The largest absolute Gasteiger partial charge is 0.394 e. The number of aromatic nitrogens is 2. The molecule has 1 aromatic heterocycles. The average Bonchev–Trinajstić information content (AvgIpc) is 2.67. The monoisotopic (exact) mass is 309 g/mol. The van der Waals surface area contributed by atoms with Gasteiger partial charge in [-0.15, -0.1) is 0 Å². The van der Waals surface area contributed by atoms with Gasteiger partial charge in [0.2, 0.25) is 0 Å². The fourth-order valence-corrected chi connectivity index (χ4v) is 2.26. The predicted molar refractivity (Wildman–Crippen MR) is 75.5 cm³/mol. The van der Waals surface area contributed by atoms with E-state index in [0.717, 1.165) is 21.4 Å². The Kier molecular flexibility index (Phi) is 4.04. The third-order valence-corrected chi connectivity index (χ3v) is 3.49. The number of hydrogen-bond donors (Lipinski definition) is 2. The number of nitrogens with zero attached hydrogens (tertiary/aromatic N) is 2. The average molecular weight is 310 g/mol. The zero-order valence-electron chi connectivity index (χ0n) is 10.4. The Morgan fingerprint density at radius 2 is 2.28 bits per heavy atom. The van der Waals surface area contributed by atoms with Crippen molar-refractivity contribution in [2.45, 2.75) is 13.0 Å². The summed E-state index contributed by atoms with van der Waals surface area (Å²) in [5.74, 6) is 0. The van der Waals surface area contributed by atoms with E-state index in [9.17, 15) is 5.11 Å². The van der Waals surface area contributed by atoms with Crippen LogP contribution in [0, 0.1) is 6.92 Å². The molecule has 0 spiro atoms. The molecule has 1 heterocycles. The van der Waals surface area contributed by atoms with Crippen molar-refractivity contribution in [1.29, 1.82) is 0 Å². The lowest BCUT2D eigenvalue weighted by molar-refractivity contribution is 0.276. The first-order valence-electron chi connectivity index (χ1n) is 5.73. The number of hydrogen-bond acceptors (Lipinski definition) is 3. The van der Waals surface area contributed by atoms with Gasteiger partial charge in [-0.1, -0.05) is 22.0 Å². The van der Waals surface area contributed by atoms with Crippen LogP contribution in [0.1, 0.15) is 17.3 Å². The van der Waals surface area contributed by atoms with Gasteiger partial charge >= 0.3 is 0 Å². The Morgan fingerprint density at radius 3 is 2.83 bits per heavy atom. The molecular weight excluding hydrogens is 294 g/mol. The van der Waals surface area contributed by atoms with Crippen molar-refractivity contribution in [2.75, 3.05) is 11.9 Å². The highest BCUT2D eigenvalue weighted by molar-refractivity contribution is 9.10. The molecule has 0 saturated heterocycles. The maximum Gasteiger partial charge on any atom is 0.0778 e. The van der Waals surface area contributed by atoms with Crippen LogP contribution >= 0.6 is 15.9 Å². The number of halogens is 1. The molecule has 0 aliphatic carbocycles. The number of aliphatic hydroxyl groups excluding tert-OH is 1. The number of benzene rings is 1. The summed E-state index contributed by atoms with van der Waals surface area (Å²) in [6.45, 7) is 2.02. The molecule has 0 amide bonds. The van der Waals surface area contributed by atoms with E-state index in [-0.39, 0.29) is 12.6 Å². The molecule has 1 aromatic carbocycles. The zero-order chi connectivity index (χ0) is 13.1. The van der Waals surface area contributed by atoms with Gasteiger partial charge in [0.25, 0.3) is 0 Å². The molecular formula is C13H16BrN3O. The Morgan fingerprint density at radius 1 is 1.50 bits per heavy atom. The third kappa shape index (κ3) is 2.73. The highest BCUT2D eigenvalue weighted by atomic mass is 79.9. The van der Waals surface area contributed by atoms with Crippen molar-refractivity contribution < 1.29 is 5.11 Å². The topological polar surface area (TPSA) is 50.1 Å². The van der Waals surface area contributed by atoms with E-state index in [4.69, 9.17) is 0 Å². The van der Waals surface area contributed by atoms with Crippen molar-refractivity contribution in [1.82, 2.24) is 9.78 Å². The standard InChI is InChI=1S/C13H16BrN3O/c1-9-12(7-15-17(9)2)13(8-18)16-11-5-3-4-10(14)6-11/h3-7,13,16,18H,8H2,1-2H3. The van der Waals surface area contributed by atoms with Crippen LogP contribution in [0.3, 0.4) is 0 Å². The molecule has 0 bridgehead atoms. The number of aliphatic hydroxyl groups is 1. The summed E-state index contributed by atoms with van der Waals surface area (Å²) >= 11 is 3.43. The summed E-state index contributed by atoms with van der Waals surface area (Å²) < 4.78 is 2.81. The molecule has 2 aromatic rings. The molecule has 0 saturated carbocycles. The van der Waals surface area contributed by atoms with E-state index in [2.05, 4.69) is 26.3 Å². The molecule has 0 fully saturated rings. The normalized spacial score (nSPS) is 12.4. The van der Waals surface area contributed by atoms with Crippen LogP contribution in [0.2, 0.25) is 0 Å². The number of rotatable bonds is 4. The van der Waals surface area contributed by atoms with Gasteiger partial charge in [0.1, 0.15) is 0 Å². The molecule has 0 aliphatic heterocycles. The smallest absolute Gasteiger partial charge is 0.0778 e. The van der Waals surface area contributed by atoms with Gasteiger partial charge in [-0.05, 0) is 25.1 Å². The van der Waals surface area contributed by atoms with E-state index in [1.54, 1.807) is 10.9 Å². The molecule has 4 nitrogen and oxygen atoms in total. The van der Waals surface area contributed by atoms with Crippen LogP contribution in [0.4, 0.5) is 5.69 Å². The maximum absolute atomic E-state index is 9.53. The highest BCUT2D eigenvalue weighted by Crippen LogP contribution is 2.23. The van der Waals surface area contributed by atoms with Crippen molar-refractivity contribution in [3.05, 3.63) is 46.2 Å². The third-order valence-electron chi connectivity index (χ3n) is 3.00. The predicted octanol–water partition coefficient (Wildman–Crippen LogP) is 2.64. The minimum absolute atomic E-state index is 0.0268. The first-order chi connectivity index (χ1) is 8.61. The molecule has 0 aliphatic rings. The SMILES string of the molecule is Cc1c(C(CO)Nc2cccc(Br)c2)cnn1C. The Labute approximate surface area is 115 Å². The van der Waals surface area contributed by atoms with Gasteiger partial charge in [0, 0.05) is 28.5 Å². The van der Waals surface area contributed by atoms with Gasteiger partial charge in [0.15, 0.2) is 0 Å². The van der Waals surface area contributed by atoms with Crippen LogP contribution < -0.4 is 5.32 Å². The van der Waals surface area contributed by atoms with Gasteiger partial charge < -0.3 is 10.4 Å². The summed E-state index contributed by atoms with van der Waals surface area (Å²) in [5.41, 5.74) is 3.03. The number of anilines is 1. The van der Waals surface area contributed by atoms with Crippen molar-refractivity contribution in [3.63, 3.8) is 0 Å². The second kappa shape index (κ2) is 5.54. The van der Waals surface area contributed by atoms with Crippen molar-refractivity contribution in [3.8, 4) is 0 Å². The van der Waals surface area contributed by atoms with Crippen molar-refractivity contribution in [2.24, 2.45) is 7.05 Å². The second-order valence-corrected chi connectivity index (χ2v) is 5.11. The van der Waals surface area contributed by atoms with Crippen LogP contribution in [0.15, 0.2) is 34.9 Å². The van der Waals surface area contributed by atoms with Gasteiger partial charge in [-0.3, -0.25) is 4.68 Å². The van der Waals surface area contributed by atoms with E-state index >= 15 is 0 Å². The summed E-state index contributed by atoms with van der Waals surface area (Å²) in [4.78, 5) is 0. The van der Waals surface area contributed by atoms with E-state index in [1.807, 2.05) is 38.2 Å². The lowest BCUT2D eigenvalue weighted by Gasteiger charge is -2.17. The molecule has 96 valence electrons. The molecule has 2 N–H and O–H groups in total. The van der Waals surface area contributed by atoms with E-state index in [0.29, 0.717) is 0 Å². The molecule has 18 heavy (non-hydrogen) atoms. The van der Waals surface area contributed by atoms with Crippen molar-refractivity contribution >= 4 is 21.6 Å². The highest BCUT2D eigenvalue weighted by Gasteiger charge is 2.15. The van der Waals surface area contributed by atoms with Gasteiger partial charge in [-0.25, -0.2) is 0 Å². The quantitative estimate of drug-likeness (QED) is 0.913. The summed E-state index contributed by atoms with van der Waals surface area (Å²) in [6, 6.07) is 7.73. The second-order valence-electron chi connectivity index (χ2n) is 4.20. The van der Waals surface area contributed by atoms with Crippen LogP contribution in [0.5, 0.6) is 0 Å². The zero-order valence-corrected chi connectivity index (χ0v) is 12.0. The molecule has 1 unspecified atom stereocenters. The molecule has 2 rings (SSSR count). The summed E-state index contributed by atoms with van der Waals surface area (Å²) in [7, 11) is 1.90.